The van der Waals surface area contributed by atoms with Crippen molar-refractivity contribution in [1.82, 2.24) is 10.3 Å². The van der Waals surface area contributed by atoms with Crippen LogP contribution in [-0.2, 0) is 6.54 Å². The summed E-state index contributed by atoms with van der Waals surface area (Å²) in [5, 5.41) is 3.15. The first-order valence-electron chi connectivity index (χ1n) is 6.12. The molecule has 1 heterocycles. The topological polar surface area (TPSA) is 24.9 Å². The van der Waals surface area contributed by atoms with Gasteiger partial charge >= 0.3 is 0 Å². The fraction of sp³-hybridized carbons (Fsp3) is 0.133. The fourth-order valence-corrected chi connectivity index (χ4v) is 3.91. The van der Waals surface area contributed by atoms with E-state index in [-0.39, 0.29) is 0 Å². The van der Waals surface area contributed by atoms with Crippen LogP contribution in [0.3, 0.4) is 0 Å². The molecular weight excluding hydrogens is 272 g/mol. The highest BCUT2D eigenvalue weighted by molar-refractivity contribution is 8.01. The molecule has 0 saturated heterocycles. The van der Waals surface area contributed by atoms with Crippen molar-refractivity contribution in [1.29, 1.82) is 0 Å². The molecule has 19 heavy (non-hydrogen) atoms. The summed E-state index contributed by atoms with van der Waals surface area (Å²) in [6, 6.07) is 16.9. The van der Waals surface area contributed by atoms with Crippen LogP contribution < -0.4 is 5.32 Å². The molecule has 0 atom stereocenters. The van der Waals surface area contributed by atoms with E-state index in [9.17, 15) is 0 Å². The van der Waals surface area contributed by atoms with Gasteiger partial charge in [0.1, 0.15) is 0 Å². The summed E-state index contributed by atoms with van der Waals surface area (Å²) >= 11 is 3.47. The van der Waals surface area contributed by atoms with Crippen LogP contribution in [0.5, 0.6) is 0 Å². The van der Waals surface area contributed by atoms with Crippen molar-refractivity contribution in [2.75, 3.05) is 7.05 Å². The standard InChI is InChI=1S/C15H14N2S2/c1-16-10-11-6-8-12(9-7-11)18-15-17-13-4-2-3-5-14(13)19-15/h2-9,16H,10H2,1H3. The highest BCUT2D eigenvalue weighted by Gasteiger charge is 2.05. The number of hydrogen-bond acceptors (Lipinski definition) is 4. The predicted molar refractivity (Wildman–Crippen MR) is 82.9 cm³/mol. The number of rotatable bonds is 4. The van der Waals surface area contributed by atoms with Gasteiger partial charge in [0.05, 0.1) is 10.2 Å². The molecule has 0 spiro atoms. The normalized spacial score (nSPS) is 11.0. The van der Waals surface area contributed by atoms with Gasteiger partial charge in [-0.25, -0.2) is 4.98 Å². The van der Waals surface area contributed by atoms with Crippen molar-refractivity contribution >= 4 is 33.3 Å². The van der Waals surface area contributed by atoms with E-state index in [1.807, 2.05) is 13.1 Å². The molecule has 3 aromatic rings. The Balaban J connectivity index is 1.80. The van der Waals surface area contributed by atoms with Crippen LogP contribution in [0.4, 0.5) is 0 Å². The lowest BCUT2D eigenvalue weighted by Gasteiger charge is -2.01. The third-order valence-electron chi connectivity index (χ3n) is 2.78. The summed E-state index contributed by atoms with van der Waals surface area (Å²) in [5.41, 5.74) is 2.39. The minimum absolute atomic E-state index is 0.909. The van der Waals surface area contributed by atoms with E-state index in [1.165, 1.54) is 15.2 Å². The molecule has 2 aromatic carbocycles. The quantitative estimate of drug-likeness (QED) is 0.779. The molecule has 1 N–H and O–H groups in total. The molecule has 0 saturated carbocycles. The molecular formula is C15H14N2S2. The maximum absolute atomic E-state index is 4.64. The first-order valence-corrected chi connectivity index (χ1v) is 7.75. The van der Waals surface area contributed by atoms with E-state index in [0.717, 1.165) is 16.4 Å². The van der Waals surface area contributed by atoms with Crippen LogP contribution in [0.2, 0.25) is 0 Å². The van der Waals surface area contributed by atoms with E-state index < -0.39 is 0 Å². The van der Waals surface area contributed by atoms with Crippen LogP contribution in [-0.4, -0.2) is 12.0 Å². The molecule has 0 aliphatic heterocycles. The summed E-state index contributed by atoms with van der Waals surface area (Å²) < 4.78 is 2.35. The van der Waals surface area contributed by atoms with Gasteiger partial charge in [-0.15, -0.1) is 11.3 Å². The number of benzene rings is 2. The fourth-order valence-electron chi connectivity index (χ4n) is 1.88. The molecule has 0 fully saturated rings. The van der Waals surface area contributed by atoms with Gasteiger partial charge in [-0.1, -0.05) is 36.0 Å². The largest absolute Gasteiger partial charge is 0.316 e. The summed E-state index contributed by atoms with van der Waals surface area (Å²) in [7, 11) is 1.96. The molecule has 0 aliphatic carbocycles. The smallest absolute Gasteiger partial charge is 0.155 e. The zero-order valence-corrected chi connectivity index (χ0v) is 12.2. The number of fused-ring (bicyclic) bond motifs is 1. The zero-order chi connectivity index (χ0) is 13.1. The molecule has 2 nitrogen and oxygen atoms in total. The summed E-state index contributed by atoms with van der Waals surface area (Å²) in [5.74, 6) is 0. The van der Waals surface area contributed by atoms with Crippen LogP contribution in [0, 0.1) is 0 Å². The zero-order valence-electron chi connectivity index (χ0n) is 10.6. The molecule has 3 rings (SSSR count). The van der Waals surface area contributed by atoms with Crippen molar-refractivity contribution in [3.05, 3.63) is 54.1 Å². The average Bonchev–Trinajstić information content (AvgIpc) is 2.83. The first kappa shape index (κ1) is 12.7. The Morgan fingerprint density at radius 1 is 1.11 bits per heavy atom. The van der Waals surface area contributed by atoms with Gasteiger partial charge in [-0.3, -0.25) is 0 Å². The predicted octanol–water partition coefficient (Wildman–Crippen LogP) is 4.17. The Bertz CT molecular complexity index is 641. The Hall–Kier alpha value is -1.36. The number of hydrogen-bond donors (Lipinski definition) is 1. The second-order valence-electron chi connectivity index (χ2n) is 4.22. The lowest BCUT2D eigenvalue weighted by Crippen LogP contribution is -2.04. The Kier molecular flexibility index (Phi) is 3.82. The second kappa shape index (κ2) is 5.74. The summed E-state index contributed by atoms with van der Waals surface area (Å²) in [6.45, 7) is 0.909. The van der Waals surface area contributed by atoms with Crippen molar-refractivity contribution in [3.8, 4) is 0 Å². The first-order chi connectivity index (χ1) is 9.35. The van der Waals surface area contributed by atoms with Gasteiger partial charge in [-0.05, 0) is 36.9 Å². The van der Waals surface area contributed by atoms with E-state index in [4.69, 9.17) is 0 Å². The van der Waals surface area contributed by atoms with Crippen molar-refractivity contribution in [2.24, 2.45) is 0 Å². The van der Waals surface area contributed by atoms with E-state index in [2.05, 4.69) is 52.8 Å². The number of nitrogens with one attached hydrogen (secondary N) is 1. The highest BCUT2D eigenvalue weighted by Crippen LogP contribution is 2.34. The molecule has 0 aliphatic rings. The Morgan fingerprint density at radius 2 is 1.89 bits per heavy atom. The minimum atomic E-state index is 0.909. The number of thiazole rings is 1. The van der Waals surface area contributed by atoms with E-state index >= 15 is 0 Å². The van der Waals surface area contributed by atoms with Gasteiger partial charge < -0.3 is 5.32 Å². The van der Waals surface area contributed by atoms with Gasteiger partial charge in [-0.2, -0.15) is 0 Å². The molecule has 0 bridgehead atoms. The maximum atomic E-state index is 4.64. The monoisotopic (exact) mass is 286 g/mol. The van der Waals surface area contributed by atoms with Crippen molar-refractivity contribution < 1.29 is 0 Å². The Morgan fingerprint density at radius 3 is 2.63 bits per heavy atom. The lowest BCUT2D eigenvalue weighted by molar-refractivity contribution is 0.817. The molecule has 0 amide bonds. The third-order valence-corrected chi connectivity index (χ3v) is 4.89. The average molecular weight is 286 g/mol. The van der Waals surface area contributed by atoms with E-state index in [0.29, 0.717) is 0 Å². The Labute approximate surface area is 120 Å². The van der Waals surface area contributed by atoms with E-state index in [1.54, 1.807) is 23.1 Å². The number of para-hydroxylation sites is 1. The summed E-state index contributed by atoms with van der Waals surface area (Å²) in [4.78, 5) is 5.87. The third kappa shape index (κ3) is 2.97. The lowest BCUT2D eigenvalue weighted by atomic mass is 10.2. The molecule has 0 radical (unpaired) electrons. The SMILES string of the molecule is CNCc1ccc(Sc2nc3ccccc3s2)cc1. The molecule has 0 unspecified atom stereocenters. The minimum Gasteiger partial charge on any atom is -0.316 e. The van der Waals surface area contributed by atoms with Crippen molar-refractivity contribution in [2.45, 2.75) is 15.8 Å². The maximum Gasteiger partial charge on any atom is 0.155 e. The van der Waals surface area contributed by atoms with Gasteiger partial charge in [0.2, 0.25) is 0 Å². The number of nitrogens with zero attached hydrogens (tertiary/aromatic N) is 1. The number of aromatic nitrogens is 1. The van der Waals surface area contributed by atoms with Crippen LogP contribution in [0.1, 0.15) is 5.56 Å². The summed E-state index contributed by atoms with van der Waals surface area (Å²) in [6.07, 6.45) is 0. The van der Waals surface area contributed by atoms with Gasteiger partial charge in [0.25, 0.3) is 0 Å². The second-order valence-corrected chi connectivity index (χ2v) is 6.58. The van der Waals surface area contributed by atoms with Crippen LogP contribution >= 0.6 is 23.1 Å². The van der Waals surface area contributed by atoms with Gasteiger partial charge in [0, 0.05) is 11.4 Å². The molecule has 1 aromatic heterocycles. The molecule has 96 valence electrons. The highest BCUT2D eigenvalue weighted by atomic mass is 32.2. The van der Waals surface area contributed by atoms with Gasteiger partial charge in [0.15, 0.2) is 4.34 Å². The molecule has 4 heteroatoms. The van der Waals surface area contributed by atoms with Crippen LogP contribution in [0.25, 0.3) is 10.2 Å². The van der Waals surface area contributed by atoms with Crippen molar-refractivity contribution in [3.63, 3.8) is 0 Å². The van der Waals surface area contributed by atoms with Crippen LogP contribution in [0.15, 0.2) is 57.8 Å².